The molecule has 1 aliphatic rings. The lowest BCUT2D eigenvalue weighted by Crippen LogP contribution is -2.54. The van der Waals surface area contributed by atoms with Crippen LogP contribution < -0.4 is 5.32 Å². The van der Waals surface area contributed by atoms with E-state index in [4.69, 9.17) is 0 Å². The van der Waals surface area contributed by atoms with Crippen LogP contribution in [0.2, 0.25) is 0 Å². The Bertz CT molecular complexity index is 719. The van der Waals surface area contributed by atoms with Crippen molar-refractivity contribution >= 4 is 22.8 Å². The van der Waals surface area contributed by atoms with Gasteiger partial charge in [-0.15, -0.1) is 0 Å². The Morgan fingerprint density at radius 2 is 2.00 bits per heavy atom. The van der Waals surface area contributed by atoms with Crippen LogP contribution in [0.1, 0.15) is 30.1 Å². The predicted molar refractivity (Wildman–Crippen MR) is 78.0 cm³/mol. The number of hydrogen-bond acceptors (Lipinski definition) is 3. The topological polar surface area (TPSA) is 79.3 Å². The monoisotopic (exact) mass is 284 g/mol. The smallest absolute Gasteiger partial charge is 0.329 e. The molecule has 1 aliphatic carbocycles. The first-order valence-corrected chi connectivity index (χ1v) is 6.92. The molecule has 1 aromatic heterocycles. The fraction of sp³-hybridized carbons (Fsp3) is 0.312. The summed E-state index contributed by atoms with van der Waals surface area (Å²) in [5.41, 5.74) is -0.0381. The van der Waals surface area contributed by atoms with Gasteiger partial charge >= 0.3 is 5.97 Å². The van der Waals surface area contributed by atoms with E-state index in [1.807, 2.05) is 24.3 Å². The third kappa shape index (κ3) is 2.35. The van der Waals surface area contributed by atoms with E-state index in [-0.39, 0.29) is 11.8 Å². The highest BCUT2D eigenvalue weighted by Crippen LogP contribution is 2.40. The highest BCUT2D eigenvalue weighted by atomic mass is 16.4. The maximum absolute atomic E-state index is 12.5. The van der Waals surface area contributed by atoms with Crippen LogP contribution in [0, 0.1) is 5.92 Å². The number of carbonyl (C=O) groups is 2. The van der Waals surface area contributed by atoms with Crippen molar-refractivity contribution in [2.75, 3.05) is 0 Å². The summed E-state index contributed by atoms with van der Waals surface area (Å²) in [5.74, 6) is -1.35. The van der Waals surface area contributed by atoms with Gasteiger partial charge in [0.25, 0.3) is 5.91 Å². The molecule has 1 unspecified atom stereocenters. The molecule has 1 fully saturated rings. The quantitative estimate of drug-likeness (QED) is 0.902. The molecule has 1 amide bonds. The second kappa shape index (κ2) is 4.84. The Labute approximate surface area is 122 Å². The molecule has 5 nitrogen and oxygen atoms in total. The molecule has 0 bridgehead atoms. The Morgan fingerprint density at radius 3 is 2.67 bits per heavy atom. The van der Waals surface area contributed by atoms with E-state index in [1.165, 1.54) is 0 Å². The molecular formula is C16H16N2O3. The molecule has 1 atom stereocenters. The minimum Gasteiger partial charge on any atom is -0.480 e. The number of nitrogens with zero attached hydrogens (tertiary/aromatic N) is 1. The third-order valence-corrected chi connectivity index (χ3v) is 4.10. The van der Waals surface area contributed by atoms with Crippen LogP contribution >= 0.6 is 0 Å². The molecule has 0 saturated heterocycles. The lowest BCUT2D eigenvalue weighted by atomic mass is 9.95. The Hall–Kier alpha value is -2.43. The number of aromatic nitrogens is 1. The van der Waals surface area contributed by atoms with Gasteiger partial charge in [0.1, 0.15) is 5.54 Å². The molecule has 2 N–H and O–H groups in total. The van der Waals surface area contributed by atoms with Gasteiger partial charge in [-0.05, 0) is 37.8 Å². The van der Waals surface area contributed by atoms with Crippen LogP contribution in [0.4, 0.5) is 0 Å². The van der Waals surface area contributed by atoms with Crippen molar-refractivity contribution in [3.8, 4) is 0 Å². The average molecular weight is 284 g/mol. The summed E-state index contributed by atoms with van der Waals surface area (Å²) in [7, 11) is 0. The zero-order valence-electron chi connectivity index (χ0n) is 11.7. The van der Waals surface area contributed by atoms with Crippen molar-refractivity contribution in [2.45, 2.75) is 25.3 Å². The maximum Gasteiger partial charge on any atom is 0.329 e. The van der Waals surface area contributed by atoms with Gasteiger partial charge in [-0.1, -0.05) is 18.2 Å². The van der Waals surface area contributed by atoms with Gasteiger partial charge in [-0.3, -0.25) is 9.78 Å². The standard InChI is InChI=1S/C16H16N2O3/c1-16(15(20)21,10-6-7-10)18-14(19)12-8-9-17-13-5-3-2-4-11(12)13/h2-5,8-10H,6-7H2,1H3,(H,18,19)(H,20,21). The van der Waals surface area contributed by atoms with Gasteiger partial charge in [0.15, 0.2) is 0 Å². The van der Waals surface area contributed by atoms with Gasteiger partial charge in [0, 0.05) is 11.6 Å². The number of rotatable bonds is 4. The predicted octanol–water partition coefficient (Wildman–Crippen LogP) is 2.22. The second-order valence-electron chi connectivity index (χ2n) is 5.61. The summed E-state index contributed by atoms with van der Waals surface area (Å²) in [6.45, 7) is 1.58. The van der Waals surface area contributed by atoms with Gasteiger partial charge in [0.05, 0.1) is 11.1 Å². The van der Waals surface area contributed by atoms with Crippen molar-refractivity contribution in [1.29, 1.82) is 0 Å². The molecule has 1 aromatic carbocycles. The second-order valence-corrected chi connectivity index (χ2v) is 5.61. The van der Waals surface area contributed by atoms with Crippen LogP contribution in [-0.4, -0.2) is 27.5 Å². The molecule has 1 saturated carbocycles. The number of para-hydroxylation sites is 1. The molecule has 0 spiro atoms. The van der Waals surface area contributed by atoms with E-state index in [9.17, 15) is 14.7 Å². The van der Waals surface area contributed by atoms with Crippen LogP contribution in [0.15, 0.2) is 36.5 Å². The van der Waals surface area contributed by atoms with Crippen molar-refractivity contribution in [2.24, 2.45) is 5.92 Å². The number of carbonyl (C=O) groups excluding carboxylic acids is 1. The van der Waals surface area contributed by atoms with E-state index in [2.05, 4.69) is 10.3 Å². The molecule has 0 aliphatic heterocycles. The van der Waals surface area contributed by atoms with Gasteiger partial charge in [-0.25, -0.2) is 4.79 Å². The molecule has 21 heavy (non-hydrogen) atoms. The van der Waals surface area contributed by atoms with Crippen molar-refractivity contribution in [1.82, 2.24) is 10.3 Å². The molecule has 5 heteroatoms. The summed E-state index contributed by atoms with van der Waals surface area (Å²) in [6, 6.07) is 8.93. The maximum atomic E-state index is 12.5. The van der Waals surface area contributed by atoms with E-state index < -0.39 is 11.5 Å². The van der Waals surface area contributed by atoms with E-state index in [0.29, 0.717) is 11.1 Å². The minimum atomic E-state index is -1.21. The normalized spacial score (nSPS) is 17.2. The van der Waals surface area contributed by atoms with Crippen molar-refractivity contribution in [3.05, 3.63) is 42.1 Å². The number of pyridine rings is 1. The van der Waals surface area contributed by atoms with Crippen LogP contribution in [0.25, 0.3) is 10.9 Å². The lowest BCUT2D eigenvalue weighted by Gasteiger charge is -2.26. The first-order chi connectivity index (χ1) is 10.0. The number of benzene rings is 1. The van der Waals surface area contributed by atoms with E-state index in [1.54, 1.807) is 19.2 Å². The van der Waals surface area contributed by atoms with Gasteiger partial charge < -0.3 is 10.4 Å². The number of amides is 1. The van der Waals surface area contributed by atoms with E-state index in [0.717, 1.165) is 18.2 Å². The zero-order valence-corrected chi connectivity index (χ0v) is 11.7. The summed E-state index contributed by atoms with van der Waals surface area (Å²) in [6.07, 6.45) is 3.23. The number of fused-ring (bicyclic) bond motifs is 1. The van der Waals surface area contributed by atoms with Crippen LogP contribution in [-0.2, 0) is 4.79 Å². The van der Waals surface area contributed by atoms with Gasteiger partial charge in [0.2, 0.25) is 0 Å². The van der Waals surface area contributed by atoms with Crippen LogP contribution in [0.3, 0.4) is 0 Å². The molecule has 3 rings (SSSR count). The lowest BCUT2D eigenvalue weighted by molar-refractivity contribution is -0.144. The minimum absolute atomic E-state index is 0.00653. The SMILES string of the molecule is CC(NC(=O)c1ccnc2ccccc12)(C(=O)O)C1CC1. The van der Waals surface area contributed by atoms with Crippen LogP contribution in [0.5, 0.6) is 0 Å². The highest BCUT2D eigenvalue weighted by Gasteiger charge is 2.48. The molecule has 1 heterocycles. The summed E-state index contributed by atoms with van der Waals surface area (Å²) < 4.78 is 0. The zero-order chi connectivity index (χ0) is 15.0. The highest BCUT2D eigenvalue weighted by molar-refractivity contribution is 6.07. The molecular weight excluding hydrogens is 268 g/mol. The van der Waals surface area contributed by atoms with Crippen molar-refractivity contribution < 1.29 is 14.7 Å². The first-order valence-electron chi connectivity index (χ1n) is 6.92. The Kier molecular flexibility index (Phi) is 3.12. The number of nitrogens with one attached hydrogen (secondary N) is 1. The van der Waals surface area contributed by atoms with E-state index >= 15 is 0 Å². The summed E-state index contributed by atoms with van der Waals surface area (Å²) in [4.78, 5) is 28.2. The first kappa shape index (κ1) is 13.5. The number of hydrogen-bond donors (Lipinski definition) is 2. The third-order valence-electron chi connectivity index (χ3n) is 4.10. The summed E-state index contributed by atoms with van der Waals surface area (Å²) >= 11 is 0. The Balaban J connectivity index is 1.96. The number of carboxylic acids is 1. The molecule has 2 aromatic rings. The fourth-order valence-corrected chi connectivity index (χ4v) is 2.59. The number of aliphatic carboxylic acids is 1. The number of carboxylic acid groups (broad SMARTS) is 1. The fourth-order valence-electron chi connectivity index (χ4n) is 2.59. The molecule has 0 radical (unpaired) electrons. The average Bonchev–Trinajstić information content (AvgIpc) is 3.31. The summed E-state index contributed by atoms with van der Waals surface area (Å²) in [5, 5.41) is 12.8. The van der Waals surface area contributed by atoms with Gasteiger partial charge in [-0.2, -0.15) is 0 Å². The largest absolute Gasteiger partial charge is 0.480 e. The molecule has 108 valence electrons. The Morgan fingerprint density at radius 1 is 1.29 bits per heavy atom. The van der Waals surface area contributed by atoms with Crippen molar-refractivity contribution in [3.63, 3.8) is 0 Å².